The van der Waals surface area contributed by atoms with Crippen LogP contribution in [0.1, 0.15) is 35.2 Å². The molecule has 5 rings (SSSR count). The fourth-order valence-electron chi connectivity index (χ4n) is 4.82. The maximum Gasteiger partial charge on any atom is 0.258 e. The highest BCUT2D eigenvalue weighted by atomic mass is 19.1. The Bertz CT molecular complexity index is 1190. The summed E-state index contributed by atoms with van der Waals surface area (Å²) < 4.78 is 19.0. The molecule has 5 nitrogen and oxygen atoms in total. The van der Waals surface area contributed by atoms with Crippen LogP contribution in [0.3, 0.4) is 0 Å². The van der Waals surface area contributed by atoms with Gasteiger partial charge >= 0.3 is 0 Å². The molecular formula is C27H27FN2O3. The van der Waals surface area contributed by atoms with Crippen molar-refractivity contribution in [1.82, 2.24) is 9.80 Å². The molecule has 0 N–H and O–H groups in total. The highest BCUT2D eigenvalue weighted by molar-refractivity contribution is 6.09. The zero-order chi connectivity index (χ0) is 22.9. The van der Waals surface area contributed by atoms with Gasteiger partial charge in [-0.3, -0.25) is 9.59 Å². The van der Waals surface area contributed by atoms with Gasteiger partial charge in [-0.05, 0) is 53.8 Å². The Morgan fingerprint density at radius 1 is 0.939 bits per heavy atom. The first kappa shape index (κ1) is 21.4. The molecule has 0 bridgehead atoms. The van der Waals surface area contributed by atoms with Crippen LogP contribution in [0.5, 0.6) is 5.75 Å². The zero-order valence-corrected chi connectivity index (χ0v) is 18.7. The zero-order valence-electron chi connectivity index (χ0n) is 18.7. The Labute approximate surface area is 192 Å². The lowest BCUT2D eigenvalue weighted by Crippen LogP contribution is -2.51. The van der Waals surface area contributed by atoms with Crippen LogP contribution in [0.15, 0.2) is 60.7 Å². The third kappa shape index (κ3) is 4.17. The van der Waals surface area contributed by atoms with E-state index in [1.165, 1.54) is 12.1 Å². The molecule has 0 spiro atoms. The fraction of sp³-hybridized carbons (Fsp3) is 0.333. The maximum absolute atomic E-state index is 13.5. The van der Waals surface area contributed by atoms with Gasteiger partial charge in [-0.25, -0.2) is 4.39 Å². The van der Waals surface area contributed by atoms with Gasteiger partial charge in [0.25, 0.3) is 5.91 Å². The molecule has 2 atom stereocenters. The molecule has 1 saturated heterocycles. The van der Waals surface area contributed by atoms with E-state index in [9.17, 15) is 14.0 Å². The first-order chi connectivity index (χ1) is 16.1. The standard InChI is InChI=1S/C27H27FN2O3/c1-2-33-24-12-9-18-5-3-4-6-21(18)25(24)27(32)30-15-13-29(14-16-30)26(31)23-17-22(23)19-7-10-20(28)11-8-19/h3-12,22-23H,2,13-17H2,1H3. The Hall–Kier alpha value is -3.41. The van der Waals surface area contributed by atoms with E-state index in [4.69, 9.17) is 4.74 Å². The molecule has 3 aromatic rings. The van der Waals surface area contributed by atoms with E-state index >= 15 is 0 Å². The Morgan fingerprint density at radius 2 is 1.64 bits per heavy atom. The van der Waals surface area contributed by atoms with Crippen molar-refractivity contribution in [3.05, 3.63) is 77.6 Å². The molecule has 1 aliphatic carbocycles. The molecule has 2 aliphatic rings. The van der Waals surface area contributed by atoms with Crippen molar-refractivity contribution in [3.63, 3.8) is 0 Å². The summed E-state index contributed by atoms with van der Waals surface area (Å²) in [4.78, 5) is 30.2. The molecule has 2 fully saturated rings. The summed E-state index contributed by atoms with van der Waals surface area (Å²) in [5.74, 6) is 0.540. The number of nitrogens with zero attached hydrogens (tertiary/aromatic N) is 2. The number of carbonyl (C=O) groups is 2. The lowest BCUT2D eigenvalue weighted by Gasteiger charge is -2.35. The van der Waals surface area contributed by atoms with Gasteiger partial charge in [-0.15, -0.1) is 0 Å². The van der Waals surface area contributed by atoms with Crippen molar-refractivity contribution in [3.8, 4) is 5.75 Å². The number of benzene rings is 3. The van der Waals surface area contributed by atoms with Gasteiger partial charge in [0.2, 0.25) is 5.91 Å². The SMILES string of the molecule is CCOc1ccc2ccccc2c1C(=O)N1CCN(C(=O)C2CC2c2ccc(F)cc2)CC1. The van der Waals surface area contributed by atoms with Crippen LogP contribution in [-0.2, 0) is 4.79 Å². The van der Waals surface area contributed by atoms with Crippen LogP contribution in [0.4, 0.5) is 4.39 Å². The predicted molar refractivity (Wildman–Crippen MR) is 125 cm³/mol. The predicted octanol–water partition coefficient (Wildman–Crippen LogP) is 4.47. The normalized spacial score (nSPS) is 20.1. The van der Waals surface area contributed by atoms with E-state index in [-0.39, 0.29) is 29.5 Å². The topological polar surface area (TPSA) is 49.9 Å². The van der Waals surface area contributed by atoms with Gasteiger partial charge in [-0.1, -0.05) is 42.5 Å². The molecule has 1 aliphatic heterocycles. The molecule has 33 heavy (non-hydrogen) atoms. The summed E-state index contributed by atoms with van der Waals surface area (Å²) in [6, 6.07) is 18.1. The lowest BCUT2D eigenvalue weighted by molar-refractivity contribution is -0.134. The first-order valence-corrected chi connectivity index (χ1v) is 11.5. The van der Waals surface area contributed by atoms with Crippen molar-refractivity contribution >= 4 is 22.6 Å². The quantitative estimate of drug-likeness (QED) is 0.581. The van der Waals surface area contributed by atoms with E-state index in [1.54, 1.807) is 12.1 Å². The molecular weight excluding hydrogens is 419 g/mol. The summed E-state index contributed by atoms with van der Waals surface area (Å²) in [6.07, 6.45) is 0.803. The van der Waals surface area contributed by atoms with Gasteiger partial charge in [0.1, 0.15) is 11.6 Å². The van der Waals surface area contributed by atoms with Crippen LogP contribution in [0.2, 0.25) is 0 Å². The number of amides is 2. The second-order valence-electron chi connectivity index (χ2n) is 8.71. The number of fused-ring (bicyclic) bond motifs is 1. The van der Waals surface area contributed by atoms with Gasteiger partial charge in [0.15, 0.2) is 0 Å². The fourth-order valence-corrected chi connectivity index (χ4v) is 4.82. The molecule has 0 aromatic heterocycles. The van der Waals surface area contributed by atoms with Crippen LogP contribution >= 0.6 is 0 Å². The Morgan fingerprint density at radius 3 is 2.36 bits per heavy atom. The molecule has 3 aromatic carbocycles. The number of halogens is 1. The summed E-state index contributed by atoms with van der Waals surface area (Å²) in [5.41, 5.74) is 1.61. The maximum atomic E-state index is 13.5. The highest BCUT2D eigenvalue weighted by Crippen LogP contribution is 2.48. The minimum Gasteiger partial charge on any atom is -0.493 e. The summed E-state index contributed by atoms with van der Waals surface area (Å²) in [5, 5.41) is 1.88. The van der Waals surface area contributed by atoms with E-state index in [2.05, 4.69) is 0 Å². The first-order valence-electron chi connectivity index (χ1n) is 11.5. The van der Waals surface area contributed by atoms with Crippen LogP contribution < -0.4 is 4.74 Å². The molecule has 0 radical (unpaired) electrons. The largest absolute Gasteiger partial charge is 0.493 e. The van der Waals surface area contributed by atoms with Crippen LogP contribution in [0, 0.1) is 11.7 Å². The van der Waals surface area contributed by atoms with E-state index in [1.807, 2.05) is 53.1 Å². The highest BCUT2D eigenvalue weighted by Gasteiger charge is 2.46. The third-order valence-electron chi connectivity index (χ3n) is 6.69. The van der Waals surface area contributed by atoms with Crippen molar-refractivity contribution < 1.29 is 18.7 Å². The number of rotatable bonds is 5. The van der Waals surface area contributed by atoms with E-state index in [0.717, 1.165) is 22.8 Å². The van der Waals surface area contributed by atoms with Gasteiger partial charge in [0.05, 0.1) is 12.2 Å². The minimum absolute atomic E-state index is 0.0414. The Kier molecular flexibility index (Phi) is 5.75. The van der Waals surface area contributed by atoms with Gasteiger partial charge < -0.3 is 14.5 Å². The Balaban J connectivity index is 1.26. The summed E-state index contributed by atoms with van der Waals surface area (Å²) in [7, 11) is 0. The minimum atomic E-state index is -0.262. The van der Waals surface area contributed by atoms with Crippen molar-refractivity contribution in [2.45, 2.75) is 19.3 Å². The molecule has 2 amide bonds. The molecule has 1 saturated carbocycles. The van der Waals surface area contributed by atoms with Crippen molar-refractivity contribution in [2.24, 2.45) is 5.92 Å². The molecule has 170 valence electrons. The second-order valence-corrected chi connectivity index (χ2v) is 8.71. The second kappa shape index (κ2) is 8.85. The average molecular weight is 447 g/mol. The number of ether oxygens (including phenoxy) is 1. The number of piperazine rings is 1. The van der Waals surface area contributed by atoms with Gasteiger partial charge in [-0.2, -0.15) is 0 Å². The monoisotopic (exact) mass is 446 g/mol. The molecule has 1 heterocycles. The lowest BCUT2D eigenvalue weighted by atomic mass is 10.0. The number of hydrogen-bond acceptors (Lipinski definition) is 3. The average Bonchev–Trinajstić information content (AvgIpc) is 3.65. The van der Waals surface area contributed by atoms with Crippen LogP contribution in [-0.4, -0.2) is 54.4 Å². The van der Waals surface area contributed by atoms with Crippen molar-refractivity contribution in [1.29, 1.82) is 0 Å². The number of hydrogen-bond donors (Lipinski definition) is 0. The summed E-state index contributed by atoms with van der Waals surface area (Å²) >= 11 is 0. The number of carbonyl (C=O) groups excluding carboxylic acids is 2. The molecule has 2 unspecified atom stereocenters. The molecule has 6 heteroatoms. The van der Waals surface area contributed by atoms with Gasteiger partial charge in [0, 0.05) is 32.1 Å². The summed E-state index contributed by atoms with van der Waals surface area (Å²) in [6.45, 7) is 4.42. The van der Waals surface area contributed by atoms with E-state index < -0.39 is 0 Å². The van der Waals surface area contributed by atoms with Crippen molar-refractivity contribution in [2.75, 3.05) is 32.8 Å². The third-order valence-corrected chi connectivity index (χ3v) is 6.69. The smallest absolute Gasteiger partial charge is 0.258 e. The van der Waals surface area contributed by atoms with E-state index in [0.29, 0.717) is 44.1 Å². The van der Waals surface area contributed by atoms with Crippen LogP contribution in [0.25, 0.3) is 10.8 Å².